The highest BCUT2D eigenvalue weighted by Crippen LogP contribution is 2.28. The van der Waals surface area contributed by atoms with Gasteiger partial charge in [-0.05, 0) is 6.92 Å². The summed E-state index contributed by atoms with van der Waals surface area (Å²) in [5, 5.41) is 0. The van der Waals surface area contributed by atoms with Crippen LogP contribution < -0.4 is 0 Å². The van der Waals surface area contributed by atoms with E-state index in [4.69, 9.17) is 0 Å². The van der Waals surface area contributed by atoms with E-state index in [-0.39, 0.29) is 11.1 Å². The second-order valence-electron chi connectivity index (χ2n) is 3.86. The molecule has 0 saturated heterocycles. The fraction of sp³-hybridized carbons (Fsp3) is 0.0667. The SMILES string of the molecule is Cc1ccc(/C(F)=C(\F)c2ccccc2)cc1. The van der Waals surface area contributed by atoms with Gasteiger partial charge in [0.25, 0.3) is 0 Å². The number of benzene rings is 2. The monoisotopic (exact) mass is 230 g/mol. The highest BCUT2D eigenvalue weighted by molar-refractivity contribution is 5.83. The van der Waals surface area contributed by atoms with Crippen molar-refractivity contribution in [2.24, 2.45) is 0 Å². The Balaban J connectivity index is 2.41. The zero-order valence-corrected chi connectivity index (χ0v) is 9.45. The quantitative estimate of drug-likeness (QED) is 0.652. The molecule has 0 aliphatic carbocycles. The molecular weight excluding hydrogens is 218 g/mol. The molecule has 2 rings (SSSR count). The number of hydrogen-bond acceptors (Lipinski definition) is 0. The molecule has 0 atom stereocenters. The molecule has 86 valence electrons. The van der Waals surface area contributed by atoms with Gasteiger partial charge in [-0.15, -0.1) is 0 Å². The van der Waals surface area contributed by atoms with Crippen molar-refractivity contribution in [3.05, 3.63) is 71.3 Å². The first-order valence-corrected chi connectivity index (χ1v) is 5.36. The summed E-state index contributed by atoms with van der Waals surface area (Å²) >= 11 is 0. The Bertz CT molecular complexity index is 525. The minimum Gasteiger partial charge on any atom is -0.203 e. The van der Waals surface area contributed by atoms with E-state index in [1.54, 1.807) is 54.6 Å². The Morgan fingerprint density at radius 3 is 1.71 bits per heavy atom. The van der Waals surface area contributed by atoms with Crippen molar-refractivity contribution in [1.82, 2.24) is 0 Å². The van der Waals surface area contributed by atoms with Gasteiger partial charge in [0, 0.05) is 11.1 Å². The van der Waals surface area contributed by atoms with Crippen LogP contribution in [0.15, 0.2) is 54.6 Å². The molecule has 17 heavy (non-hydrogen) atoms. The molecule has 0 amide bonds. The van der Waals surface area contributed by atoms with Gasteiger partial charge in [-0.25, -0.2) is 8.78 Å². The lowest BCUT2D eigenvalue weighted by atomic mass is 10.1. The third-order valence-electron chi connectivity index (χ3n) is 2.52. The molecule has 0 spiro atoms. The standard InChI is InChI=1S/C15H12F2/c1-11-7-9-13(10-8-11)15(17)14(16)12-5-3-2-4-6-12/h2-10H,1H3/b15-14+. The number of rotatable bonds is 2. The maximum Gasteiger partial charge on any atom is 0.166 e. The highest BCUT2D eigenvalue weighted by Gasteiger charge is 2.10. The normalized spacial score (nSPS) is 12.2. The van der Waals surface area contributed by atoms with E-state index in [2.05, 4.69) is 0 Å². The van der Waals surface area contributed by atoms with Crippen LogP contribution in [0.25, 0.3) is 11.7 Å². The average Bonchev–Trinajstić information content (AvgIpc) is 2.39. The van der Waals surface area contributed by atoms with Crippen molar-refractivity contribution in [2.75, 3.05) is 0 Å². The van der Waals surface area contributed by atoms with Crippen molar-refractivity contribution in [1.29, 1.82) is 0 Å². The Hall–Kier alpha value is -1.96. The molecule has 0 aromatic heterocycles. The highest BCUT2D eigenvalue weighted by atomic mass is 19.2. The molecule has 0 heterocycles. The van der Waals surface area contributed by atoms with E-state index in [1.165, 1.54) is 0 Å². The lowest BCUT2D eigenvalue weighted by Crippen LogP contribution is -1.84. The van der Waals surface area contributed by atoms with E-state index >= 15 is 0 Å². The van der Waals surface area contributed by atoms with Crippen molar-refractivity contribution in [3.8, 4) is 0 Å². The fourth-order valence-corrected chi connectivity index (χ4v) is 1.54. The molecular formula is C15H12F2. The van der Waals surface area contributed by atoms with E-state index in [0.29, 0.717) is 0 Å². The first kappa shape index (κ1) is 11.5. The van der Waals surface area contributed by atoms with Crippen LogP contribution in [-0.4, -0.2) is 0 Å². The van der Waals surface area contributed by atoms with Crippen LogP contribution in [0.4, 0.5) is 8.78 Å². The first-order chi connectivity index (χ1) is 8.18. The van der Waals surface area contributed by atoms with Gasteiger partial charge in [0.2, 0.25) is 0 Å². The van der Waals surface area contributed by atoms with Crippen LogP contribution in [0.2, 0.25) is 0 Å². The third kappa shape index (κ3) is 2.59. The Morgan fingerprint density at radius 1 is 0.706 bits per heavy atom. The van der Waals surface area contributed by atoms with Gasteiger partial charge in [0.05, 0.1) is 0 Å². The van der Waals surface area contributed by atoms with Crippen LogP contribution in [0.3, 0.4) is 0 Å². The van der Waals surface area contributed by atoms with E-state index in [0.717, 1.165) is 5.56 Å². The molecule has 0 aliphatic heterocycles. The predicted molar refractivity (Wildman–Crippen MR) is 66.7 cm³/mol. The number of hydrogen-bond donors (Lipinski definition) is 0. The number of halogens is 2. The van der Waals surface area contributed by atoms with Crippen molar-refractivity contribution < 1.29 is 8.78 Å². The topological polar surface area (TPSA) is 0 Å². The molecule has 0 radical (unpaired) electrons. The van der Waals surface area contributed by atoms with Gasteiger partial charge in [-0.3, -0.25) is 0 Å². The second-order valence-corrected chi connectivity index (χ2v) is 3.86. The lowest BCUT2D eigenvalue weighted by molar-refractivity contribution is 0.700. The van der Waals surface area contributed by atoms with Gasteiger partial charge >= 0.3 is 0 Å². The van der Waals surface area contributed by atoms with Crippen molar-refractivity contribution >= 4 is 11.7 Å². The summed E-state index contributed by atoms with van der Waals surface area (Å²) in [7, 11) is 0. The van der Waals surface area contributed by atoms with Crippen LogP contribution in [0.5, 0.6) is 0 Å². The molecule has 0 aliphatic rings. The molecule has 0 nitrogen and oxygen atoms in total. The smallest absolute Gasteiger partial charge is 0.166 e. The van der Waals surface area contributed by atoms with E-state index < -0.39 is 11.7 Å². The summed E-state index contributed by atoms with van der Waals surface area (Å²) in [5.41, 5.74) is 1.53. The Morgan fingerprint density at radius 2 is 1.18 bits per heavy atom. The van der Waals surface area contributed by atoms with Gasteiger partial charge in [0.15, 0.2) is 11.7 Å². The van der Waals surface area contributed by atoms with Crippen molar-refractivity contribution in [3.63, 3.8) is 0 Å². The number of aryl methyl sites for hydroxylation is 1. The molecule has 0 fully saturated rings. The van der Waals surface area contributed by atoms with E-state index in [1.807, 2.05) is 6.92 Å². The molecule has 0 saturated carbocycles. The maximum absolute atomic E-state index is 13.9. The van der Waals surface area contributed by atoms with Crippen LogP contribution in [-0.2, 0) is 0 Å². The Kier molecular flexibility index (Phi) is 3.33. The molecule has 2 heteroatoms. The Labute approximate surface area is 99.2 Å². The zero-order valence-electron chi connectivity index (χ0n) is 9.45. The maximum atomic E-state index is 13.9. The minimum absolute atomic E-state index is 0.255. The molecule has 0 unspecified atom stereocenters. The largest absolute Gasteiger partial charge is 0.203 e. The summed E-state index contributed by atoms with van der Waals surface area (Å²) in [6, 6.07) is 14.9. The molecule has 0 bridgehead atoms. The molecule has 0 N–H and O–H groups in total. The summed E-state index contributed by atoms with van der Waals surface area (Å²) in [6.07, 6.45) is 0. The van der Waals surface area contributed by atoms with Gasteiger partial charge in [-0.2, -0.15) is 0 Å². The molecule has 2 aromatic rings. The molecule has 2 aromatic carbocycles. The van der Waals surface area contributed by atoms with Gasteiger partial charge in [0.1, 0.15) is 0 Å². The van der Waals surface area contributed by atoms with Crippen LogP contribution >= 0.6 is 0 Å². The van der Waals surface area contributed by atoms with Gasteiger partial charge < -0.3 is 0 Å². The average molecular weight is 230 g/mol. The third-order valence-corrected chi connectivity index (χ3v) is 2.52. The fourth-order valence-electron chi connectivity index (χ4n) is 1.54. The summed E-state index contributed by atoms with van der Waals surface area (Å²) < 4.78 is 27.7. The lowest BCUT2D eigenvalue weighted by Gasteiger charge is -2.02. The van der Waals surface area contributed by atoms with Crippen LogP contribution in [0.1, 0.15) is 16.7 Å². The van der Waals surface area contributed by atoms with Gasteiger partial charge in [-0.1, -0.05) is 60.2 Å². The first-order valence-electron chi connectivity index (χ1n) is 5.36. The second kappa shape index (κ2) is 4.91. The summed E-state index contributed by atoms with van der Waals surface area (Å²) in [5.74, 6) is -1.65. The predicted octanol–water partition coefficient (Wildman–Crippen LogP) is 4.76. The minimum atomic E-state index is -0.825. The zero-order chi connectivity index (χ0) is 12.3. The van der Waals surface area contributed by atoms with E-state index in [9.17, 15) is 8.78 Å². The summed E-state index contributed by atoms with van der Waals surface area (Å²) in [4.78, 5) is 0. The summed E-state index contributed by atoms with van der Waals surface area (Å²) in [6.45, 7) is 1.90. The van der Waals surface area contributed by atoms with Crippen LogP contribution in [0, 0.1) is 6.92 Å². The van der Waals surface area contributed by atoms with Crippen molar-refractivity contribution in [2.45, 2.75) is 6.92 Å².